The lowest BCUT2D eigenvalue weighted by molar-refractivity contribution is 0.513. The minimum Gasteiger partial charge on any atom is -0.338 e. The van der Waals surface area contributed by atoms with Crippen LogP contribution in [0.15, 0.2) is 18.5 Å². The quantitative estimate of drug-likeness (QED) is 0.649. The molecule has 3 rings (SSSR count). The van der Waals surface area contributed by atoms with E-state index in [9.17, 15) is 0 Å². The van der Waals surface area contributed by atoms with E-state index in [4.69, 9.17) is 5.84 Å². The van der Waals surface area contributed by atoms with Crippen LogP contribution in [0.3, 0.4) is 0 Å². The Labute approximate surface area is 117 Å². The Morgan fingerprint density at radius 2 is 2.42 bits per heavy atom. The summed E-state index contributed by atoms with van der Waals surface area (Å²) in [5, 5.41) is 0. The highest BCUT2D eigenvalue weighted by Crippen LogP contribution is 2.34. The number of aryl methyl sites for hydroxylation is 4. The molecule has 0 amide bonds. The molecule has 1 unspecified atom stereocenters. The van der Waals surface area contributed by atoms with Gasteiger partial charge in [-0.15, -0.1) is 11.3 Å². The third kappa shape index (κ3) is 2.59. The summed E-state index contributed by atoms with van der Waals surface area (Å²) >= 11 is 1.93. The van der Waals surface area contributed by atoms with Crippen molar-refractivity contribution >= 4 is 11.3 Å². The van der Waals surface area contributed by atoms with Crippen molar-refractivity contribution in [2.24, 2.45) is 12.9 Å². The van der Waals surface area contributed by atoms with Crippen molar-refractivity contribution in [3.8, 4) is 0 Å². The fourth-order valence-electron chi connectivity index (χ4n) is 2.74. The molecule has 0 saturated heterocycles. The molecule has 1 atom stereocenters. The molecule has 1 aliphatic carbocycles. The number of thiophene rings is 1. The van der Waals surface area contributed by atoms with Crippen molar-refractivity contribution in [3.05, 3.63) is 39.6 Å². The maximum Gasteiger partial charge on any atom is 0.108 e. The third-order valence-electron chi connectivity index (χ3n) is 3.89. The van der Waals surface area contributed by atoms with Crippen LogP contribution >= 0.6 is 11.3 Å². The molecule has 0 saturated carbocycles. The van der Waals surface area contributed by atoms with E-state index in [-0.39, 0.29) is 6.04 Å². The van der Waals surface area contributed by atoms with Crippen molar-refractivity contribution in [3.63, 3.8) is 0 Å². The zero-order valence-electron chi connectivity index (χ0n) is 11.2. The summed E-state index contributed by atoms with van der Waals surface area (Å²) in [6, 6.07) is 2.59. The van der Waals surface area contributed by atoms with Gasteiger partial charge in [0.2, 0.25) is 0 Å². The monoisotopic (exact) mass is 276 g/mol. The van der Waals surface area contributed by atoms with Crippen molar-refractivity contribution < 1.29 is 0 Å². The lowest BCUT2D eigenvalue weighted by atomic mass is 10.1. The van der Waals surface area contributed by atoms with E-state index in [1.54, 1.807) is 4.88 Å². The van der Waals surface area contributed by atoms with Crippen LogP contribution in [0, 0.1) is 0 Å². The summed E-state index contributed by atoms with van der Waals surface area (Å²) in [6.07, 6.45) is 9.57. The largest absolute Gasteiger partial charge is 0.338 e. The van der Waals surface area contributed by atoms with Gasteiger partial charge >= 0.3 is 0 Å². The number of rotatable bonds is 5. The maximum atomic E-state index is 5.73. The summed E-state index contributed by atoms with van der Waals surface area (Å²) in [4.78, 5) is 7.30. The number of hydrogen-bond acceptors (Lipinski definition) is 4. The van der Waals surface area contributed by atoms with Crippen LogP contribution in [0.2, 0.25) is 0 Å². The molecule has 4 nitrogen and oxygen atoms in total. The molecule has 102 valence electrons. The Morgan fingerprint density at radius 3 is 3.11 bits per heavy atom. The third-order valence-corrected chi connectivity index (χ3v) is 5.24. The lowest BCUT2D eigenvalue weighted by Gasteiger charge is -2.14. The van der Waals surface area contributed by atoms with Crippen molar-refractivity contribution in [2.45, 2.75) is 38.1 Å². The van der Waals surface area contributed by atoms with Gasteiger partial charge in [0.15, 0.2) is 0 Å². The minimum atomic E-state index is 0.243. The molecule has 0 radical (unpaired) electrons. The molecule has 0 spiro atoms. The van der Waals surface area contributed by atoms with E-state index >= 15 is 0 Å². The molecule has 0 fully saturated rings. The number of imidazole rings is 1. The Hall–Kier alpha value is -1.17. The number of hydrogen-bond donors (Lipinski definition) is 2. The zero-order valence-corrected chi connectivity index (χ0v) is 12.0. The molecule has 0 aliphatic heterocycles. The predicted molar refractivity (Wildman–Crippen MR) is 77.9 cm³/mol. The highest BCUT2D eigenvalue weighted by molar-refractivity contribution is 7.12. The van der Waals surface area contributed by atoms with Gasteiger partial charge in [0, 0.05) is 35.6 Å². The number of fused-ring (bicyclic) bond motifs is 1. The average molecular weight is 276 g/mol. The zero-order chi connectivity index (χ0) is 13.2. The van der Waals surface area contributed by atoms with Gasteiger partial charge in [-0.25, -0.2) is 4.98 Å². The first-order valence-corrected chi connectivity index (χ1v) is 7.63. The van der Waals surface area contributed by atoms with E-state index in [0.717, 1.165) is 18.7 Å². The van der Waals surface area contributed by atoms with Crippen LogP contribution in [0.1, 0.15) is 40.0 Å². The first-order chi connectivity index (χ1) is 9.28. The normalized spacial score (nSPS) is 15.7. The molecule has 5 heteroatoms. The van der Waals surface area contributed by atoms with Gasteiger partial charge < -0.3 is 4.57 Å². The second-order valence-electron chi connectivity index (χ2n) is 5.16. The number of aromatic nitrogens is 2. The van der Waals surface area contributed by atoms with Crippen LogP contribution < -0.4 is 11.3 Å². The van der Waals surface area contributed by atoms with E-state index in [2.05, 4.69) is 21.0 Å². The van der Waals surface area contributed by atoms with E-state index < -0.39 is 0 Å². The molecule has 3 N–H and O–H groups in total. The highest BCUT2D eigenvalue weighted by atomic mass is 32.1. The van der Waals surface area contributed by atoms with Crippen molar-refractivity contribution in [1.82, 2.24) is 15.0 Å². The van der Waals surface area contributed by atoms with Gasteiger partial charge in [0.1, 0.15) is 5.82 Å². The number of hydrazine groups is 1. The molecule has 2 heterocycles. The van der Waals surface area contributed by atoms with E-state index in [0.29, 0.717) is 0 Å². The van der Waals surface area contributed by atoms with Crippen LogP contribution in [-0.2, 0) is 26.3 Å². The molecular weight excluding hydrogens is 256 g/mol. The molecule has 1 aliphatic rings. The lowest BCUT2D eigenvalue weighted by Crippen LogP contribution is -2.28. The van der Waals surface area contributed by atoms with Gasteiger partial charge in [0.05, 0.1) is 6.04 Å². The van der Waals surface area contributed by atoms with Crippen molar-refractivity contribution in [2.75, 3.05) is 0 Å². The Balaban J connectivity index is 1.68. The Morgan fingerprint density at radius 1 is 1.53 bits per heavy atom. The summed E-state index contributed by atoms with van der Waals surface area (Å²) in [7, 11) is 2.03. The topological polar surface area (TPSA) is 55.9 Å². The van der Waals surface area contributed by atoms with Crippen LogP contribution in [0.4, 0.5) is 0 Å². The molecular formula is C14H20N4S. The maximum absolute atomic E-state index is 5.73. The van der Waals surface area contributed by atoms with Crippen LogP contribution in [0.5, 0.6) is 0 Å². The minimum absolute atomic E-state index is 0.243. The molecule has 2 aromatic heterocycles. The summed E-state index contributed by atoms with van der Waals surface area (Å²) in [6.45, 7) is 0. The molecule has 0 aromatic carbocycles. The molecule has 2 aromatic rings. The summed E-state index contributed by atoms with van der Waals surface area (Å²) in [5.41, 5.74) is 4.50. The number of nitrogens with zero attached hydrogens (tertiary/aromatic N) is 2. The number of nitrogens with one attached hydrogen (secondary N) is 1. The first-order valence-electron chi connectivity index (χ1n) is 6.81. The Bertz CT molecular complexity index is 536. The van der Waals surface area contributed by atoms with Gasteiger partial charge in [-0.1, -0.05) is 0 Å². The standard InChI is InChI=1S/C14H20N4S/c1-18-8-7-16-14(18)6-5-11(17-15)13-9-10-3-2-4-12(10)19-13/h7-9,11,17H,2-6,15H2,1H3. The molecule has 0 bridgehead atoms. The summed E-state index contributed by atoms with van der Waals surface area (Å²) in [5.74, 6) is 6.85. The van der Waals surface area contributed by atoms with Gasteiger partial charge in [0.25, 0.3) is 0 Å². The fourth-order valence-corrected chi connectivity index (χ4v) is 4.09. The predicted octanol–water partition coefficient (Wildman–Crippen LogP) is 2.11. The SMILES string of the molecule is Cn1ccnc1CCC(NN)c1cc2c(s1)CCC2. The van der Waals surface area contributed by atoms with Crippen molar-refractivity contribution in [1.29, 1.82) is 0 Å². The fraction of sp³-hybridized carbons (Fsp3) is 0.500. The first kappa shape index (κ1) is 12.8. The molecule has 19 heavy (non-hydrogen) atoms. The van der Waals surface area contributed by atoms with E-state index in [1.807, 2.05) is 30.8 Å². The highest BCUT2D eigenvalue weighted by Gasteiger charge is 2.19. The smallest absolute Gasteiger partial charge is 0.108 e. The van der Waals surface area contributed by atoms with Gasteiger partial charge in [-0.05, 0) is 37.3 Å². The van der Waals surface area contributed by atoms with Crippen LogP contribution in [0.25, 0.3) is 0 Å². The van der Waals surface area contributed by atoms with Gasteiger partial charge in [-0.3, -0.25) is 11.3 Å². The summed E-state index contributed by atoms with van der Waals surface area (Å²) < 4.78 is 2.07. The number of nitrogens with two attached hydrogens (primary N) is 1. The van der Waals surface area contributed by atoms with Gasteiger partial charge in [-0.2, -0.15) is 0 Å². The Kier molecular flexibility index (Phi) is 3.68. The van der Waals surface area contributed by atoms with Crippen LogP contribution in [-0.4, -0.2) is 9.55 Å². The second-order valence-corrected chi connectivity index (χ2v) is 6.33. The van der Waals surface area contributed by atoms with E-state index in [1.165, 1.54) is 29.7 Å². The second kappa shape index (κ2) is 5.45. The average Bonchev–Trinajstić information content (AvgIpc) is 3.06.